The molecule has 4 rings (SSSR count). The smallest absolute Gasteiger partial charge is 0.363 e. The predicted molar refractivity (Wildman–Crippen MR) is 108 cm³/mol. The van der Waals surface area contributed by atoms with Crippen molar-refractivity contribution in [1.29, 1.82) is 0 Å². The third-order valence-corrected chi connectivity index (χ3v) is 4.36. The molecule has 146 valence electrons. The Morgan fingerprint density at radius 1 is 1.07 bits per heavy atom. The molecular formula is C23H19NO5. The summed E-state index contributed by atoms with van der Waals surface area (Å²) in [6, 6.07) is 16.9. The second kappa shape index (κ2) is 8.06. The van der Waals surface area contributed by atoms with E-state index in [1.54, 1.807) is 37.5 Å². The van der Waals surface area contributed by atoms with Crippen molar-refractivity contribution in [3.8, 4) is 11.5 Å². The summed E-state index contributed by atoms with van der Waals surface area (Å²) in [5.74, 6) is 1.20. The lowest BCUT2D eigenvalue weighted by Gasteiger charge is -2.11. The molecule has 29 heavy (non-hydrogen) atoms. The molecular weight excluding hydrogens is 370 g/mol. The average Bonchev–Trinajstić information content (AvgIpc) is 3.38. The Balaban J connectivity index is 1.52. The van der Waals surface area contributed by atoms with Gasteiger partial charge in [0, 0.05) is 0 Å². The van der Waals surface area contributed by atoms with Gasteiger partial charge in [0.05, 0.1) is 13.4 Å². The van der Waals surface area contributed by atoms with E-state index >= 15 is 0 Å². The minimum absolute atomic E-state index is 0.149. The van der Waals surface area contributed by atoms with Crippen molar-refractivity contribution in [3.05, 3.63) is 89.0 Å². The Morgan fingerprint density at radius 2 is 1.90 bits per heavy atom. The molecule has 0 saturated heterocycles. The van der Waals surface area contributed by atoms with Crippen molar-refractivity contribution in [2.45, 2.75) is 13.5 Å². The van der Waals surface area contributed by atoms with Crippen LogP contribution < -0.4 is 9.47 Å². The van der Waals surface area contributed by atoms with Gasteiger partial charge in [0.15, 0.2) is 23.0 Å². The number of nitrogens with zero attached hydrogens (tertiary/aromatic N) is 1. The van der Waals surface area contributed by atoms with Crippen LogP contribution in [0.15, 0.2) is 76.0 Å². The highest BCUT2D eigenvalue weighted by Crippen LogP contribution is 2.30. The molecule has 0 saturated carbocycles. The molecule has 0 spiro atoms. The zero-order chi connectivity index (χ0) is 20.2. The lowest BCUT2D eigenvalue weighted by atomic mass is 10.1. The molecule has 0 fully saturated rings. The van der Waals surface area contributed by atoms with Crippen LogP contribution in [-0.4, -0.2) is 19.0 Å². The zero-order valence-corrected chi connectivity index (χ0v) is 16.0. The van der Waals surface area contributed by atoms with Crippen LogP contribution in [0.3, 0.4) is 0 Å². The first-order valence-electron chi connectivity index (χ1n) is 9.05. The number of furan rings is 1. The number of cyclic esters (lactones) is 1. The fourth-order valence-corrected chi connectivity index (χ4v) is 2.81. The maximum atomic E-state index is 12.1. The first kappa shape index (κ1) is 18.6. The molecule has 0 atom stereocenters. The number of rotatable bonds is 6. The Hall–Kier alpha value is -3.80. The van der Waals surface area contributed by atoms with E-state index < -0.39 is 5.97 Å². The van der Waals surface area contributed by atoms with Crippen molar-refractivity contribution in [3.63, 3.8) is 0 Å². The summed E-state index contributed by atoms with van der Waals surface area (Å²) in [4.78, 5) is 16.3. The van der Waals surface area contributed by atoms with Gasteiger partial charge in [-0.2, -0.15) is 0 Å². The molecule has 2 aromatic carbocycles. The SMILES string of the molecule is COc1cc(/C=C2/N=C(c3ccco3)OC2=O)ccc1OCc1ccc(C)cc1. The van der Waals surface area contributed by atoms with Crippen LogP contribution in [0.25, 0.3) is 6.08 Å². The monoisotopic (exact) mass is 389 g/mol. The van der Waals surface area contributed by atoms with Crippen LogP contribution in [0.1, 0.15) is 22.5 Å². The molecule has 0 amide bonds. The number of esters is 1. The van der Waals surface area contributed by atoms with E-state index in [1.807, 2.05) is 37.3 Å². The van der Waals surface area contributed by atoms with Gasteiger partial charge in [-0.3, -0.25) is 0 Å². The number of hydrogen-bond acceptors (Lipinski definition) is 6. The van der Waals surface area contributed by atoms with Crippen molar-refractivity contribution < 1.29 is 23.4 Å². The Bertz CT molecular complexity index is 1080. The van der Waals surface area contributed by atoms with Crippen molar-refractivity contribution in [1.82, 2.24) is 0 Å². The number of carbonyl (C=O) groups is 1. The van der Waals surface area contributed by atoms with Gasteiger partial charge in [-0.25, -0.2) is 9.79 Å². The second-order valence-corrected chi connectivity index (χ2v) is 6.50. The average molecular weight is 389 g/mol. The zero-order valence-electron chi connectivity index (χ0n) is 16.0. The van der Waals surface area contributed by atoms with Gasteiger partial charge in [-0.1, -0.05) is 35.9 Å². The van der Waals surface area contributed by atoms with Gasteiger partial charge in [0.1, 0.15) is 6.61 Å². The number of aryl methyl sites for hydroxylation is 1. The second-order valence-electron chi connectivity index (χ2n) is 6.50. The largest absolute Gasteiger partial charge is 0.493 e. The topological polar surface area (TPSA) is 70.3 Å². The summed E-state index contributed by atoms with van der Waals surface area (Å²) in [7, 11) is 1.57. The number of aliphatic imine (C=N–C) groups is 1. The van der Waals surface area contributed by atoms with Gasteiger partial charge in [-0.15, -0.1) is 0 Å². The fraction of sp³-hybridized carbons (Fsp3) is 0.130. The van der Waals surface area contributed by atoms with Gasteiger partial charge in [0.2, 0.25) is 0 Å². The molecule has 0 bridgehead atoms. The first-order chi connectivity index (χ1) is 14.1. The van der Waals surface area contributed by atoms with E-state index in [9.17, 15) is 4.79 Å². The molecule has 0 N–H and O–H groups in total. The maximum absolute atomic E-state index is 12.1. The molecule has 0 unspecified atom stereocenters. The van der Waals surface area contributed by atoms with E-state index in [0.717, 1.165) is 11.1 Å². The normalized spacial score (nSPS) is 14.6. The van der Waals surface area contributed by atoms with Gasteiger partial charge in [-0.05, 0) is 48.4 Å². The summed E-state index contributed by atoms with van der Waals surface area (Å²) in [5, 5.41) is 0. The van der Waals surface area contributed by atoms with Crippen LogP contribution in [-0.2, 0) is 16.1 Å². The number of carbonyl (C=O) groups excluding carboxylic acids is 1. The van der Waals surface area contributed by atoms with Crippen LogP contribution in [0.5, 0.6) is 11.5 Å². The molecule has 1 aromatic heterocycles. The van der Waals surface area contributed by atoms with Crippen LogP contribution in [0.4, 0.5) is 0 Å². The Morgan fingerprint density at radius 3 is 2.62 bits per heavy atom. The molecule has 6 heteroatoms. The van der Waals surface area contributed by atoms with Crippen molar-refractivity contribution in [2.24, 2.45) is 4.99 Å². The van der Waals surface area contributed by atoms with E-state index in [1.165, 1.54) is 11.8 Å². The maximum Gasteiger partial charge on any atom is 0.363 e. The van der Waals surface area contributed by atoms with Crippen molar-refractivity contribution in [2.75, 3.05) is 7.11 Å². The minimum Gasteiger partial charge on any atom is -0.493 e. The lowest BCUT2D eigenvalue weighted by Crippen LogP contribution is -2.04. The number of methoxy groups -OCH3 is 1. The summed E-state index contributed by atoms with van der Waals surface area (Å²) in [6.45, 7) is 2.48. The molecule has 6 nitrogen and oxygen atoms in total. The molecule has 1 aliphatic rings. The first-order valence-corrected chi connectivity index (χ1v) is 9.05. The quantitative estimate of drug-likeness (QED) is 0.458. The van der Waals surface area contributed by atoms with Crippen LogP contribution in [0, 0.1) is 6.92 Å². The summed E-state index contributed by atoms with van der Waals surface area (Å²) in [6.07, 6.45) is 3.12. The molecule has 1 aliphatic heterocycles. The number of ether oxygens (including phenoxy) is 3. The minimum atomic E-state index is -0.532. The third-order valence-electron chi connectivity index (χ3n) is 4.36. The highest BCUT2D eigenvalue weighted by atomic mass is 16.6. The number of benzene rings is 2. The molecule has 2 heterocycles. The molecule has 0 radical (unpaired) electrons. The fourth-order valence-electron chi connectivity index (χ4n) is 2.81. The van der Waals surface area contributed by atoms with Crippen LogP contribution in [0.2, 0.25) is 0 Å². The van der Waals surface area contributed by atoms with Crippen molar-refractivity contribution >= 4 is 17.9 Å². The summed E-state index contributed by atoms with van der Waals surface area (Å²) in [5.41, 5.74) is 3.19. The summed E-state index contributed by atoms with van der Waals surface area (Å²) >= 11 is 0. The van der Waals surface area contributed by atoms with E-state index in [0.29, 0.717) is 23.9 Å². The Kier molecular flexibility index (Phi) is 5.16. The third kappa shape index (κ3) is 4.21. The van der Waals surface area contributed by atoms with Gasteiger partial charge in [0.25, 0.3) is 5.90 Å². The Labute approximate surface area is 168 Å². The number of hydrogen-bond donors (Lipinski definition) is 0. The van der Waals surface area contributed by atoms with Gasteiger partial charge < -0.3 is 18.6 Å². The summed E-state index contributed by atoms with van der Waals surface area (Å²) < 4.78 is 21.7. The highest BCUT2D eigenvalue weighted by Gasteiger charge is 2.25. The van der Waals surface area contributed by atoms with E-state index in [-0.39, 0.29) is 11.6 Å². The highest BCUT2D eigenvalue weighted by molar-refractivity contribution is 6.11. The van der Waals surface area contributed by atoms with Gasteiger partial charge >= 0.3 is 5.97 Å². The molecule has 3 aromatic rings. The van der Waals surface area contributed by atoms with E-state index in [4.69, 9.17) is 18.6 Å². The standard InChI is InChI=1S/C23H19NO5/c1-15-5-7-16(8-6-15)14-28-19-10-9-17(13-21(19)26-2)12-18-23(25)29-22(24-18)20-4-3-11-27-20/h3-13H,14H2,1-2H3/b18-12+. The van der Waals surface area contributed by atoms with E-state index in [2.05, 4.69) is 4.99 Å². The lowest BCUT2D eigenvalue weighted by molar-refractivity contribution is -0.130. The molecule has 0 aliphatic carbocycles. The predicted octanol–water partition coefficient (Wildman–Crippen LogP) is 4.52. The van der Waals surface area contributed by atoms with Crippen LogP contribution >= 0.6 is 0 Å².